The topological polar surface area (TPSA) is 95.1 Å². The third kappa shape index (κ3) is 1.39. The first-order valence-electron chi connectivity index (χ1n) is 3.70. The van der Waals surface area contributed by atoms with Crippen LogP contribution < -0.4 is 11.5 Å². The molecule has 12 heavy (non-hydrogen) atoms. The molecule has 1 amide bonds. The fourth-order valence-electron chi connectivity index (χ4n) is 1.000. The second kappa shape index (κ2) is 3.25. The van der Waals surface area contributed by atoms with Crippen molar-refractivity contribution in [2.45, 2.75) is 19.8 Å². The Hall–Kier alpha value is -1.52. The lowest BCUT2D eigenvalue weighted by Crippen LogP contribution is -2.14. The summed E-state index contributed by atoms with van der Waals surface area (Å²) in [6.45, 7) is 1.96. The number of carbonyl (C=O) groups excluding carboxylic acids is 1. The summed E-state index contributed by atoms with van der Waals surface area (Å²) in [5.41, 5.74) is 10.7. The molecular weight excluding hydrogens is 158 g/mol. The van der Waals surface area contributed by atoms with Crippen LogP contribution in [0.2, 0.25) is 0 Å². The number of primary amides is 1. The summed E-state index contributed by atoms with van der Waals surface area (Å²) in [5.74, 6) is -0.0364. The molecule has 1 heterocycles. The molecule has 0 saturated heterocycles. The minimum atomic E-state index is -0.586. The summed E-state index contributed by atoms with van der Waals surface area (Å²) in [7, 11) is 0. The Kier molecular flexibility index (Phi) is 2.32. The SMILES string of the molecule is CCCc1onc(N)c1C(N)=O. The normalized spacial score (nSPS) is 10.1. The number of carbonyl (C=O) groups is 1. The maximum Gasteiger partial charge on any atom is 0.256 e. The molecule has 5 heteroatoms. The number of amides is 1. The zero-order valence-corrected chi connectivity index (χ0v) is 6.83. The Balaban J connectivity index is 3.04. The molecule has 0 unspecified atom stereocenters. The van der Waals surface area contributed by atoms with E-state index in [-0.39, 0.29) is 11.4 Å². The van der Waals surface area contributed by atoms with Crippen LogP contribution in [0.3, 0.4) is 0 Å². The molecule has 1 aromatic heterocycles. The van der Waals surface area contributed by atoms with Crippen molar-refractivity contribution in [3.05, 3.63) is 11.3 Å². The highest BCUT2D eigenvalue weighted by atomic mass is 16.5. The van der Waals surface area contributed by atoms with Gasteiger partial charge in [-0.2, -0.15) is 0 Å². The van der Waals surface area contributed by atoms with E-state index >= 15 is 0 Å². The largest absolute Gasteiger partial charge is 0.380 e. The minimum absolute atomic E-state index is 0.0750. The molecule has 1 aromatic rings. The summed E-state index contributed by atoms with van der Waals surface area (Å²) in [6.07, 6.45) is 1.48. The van der Waals surface area contributed by atoms with Crippen LogP contribution in [0.15, 0.2) is 4.52 Å². The van der Waals surface area contributed by atoms with Crippen LogP contribution in [0.1, 0.15) is 29.5 Å². The number of hydrogen-bond acceptors (Lipinski definition) is 4. The predicted octanol–water partition coefficient (Wildman–Crippen LogP) is 0.308. The number of aromatic nitrogens is 1. The molecule has 0 spiro atoms. The minimum Gasteiger partial charge on any atom is -0.380 e. The van der Waals surface area contributed by atoms with Gasteiger partial charge in [0.05, 0.1) is 0 Å². The lowest BCUT2D eigenvalue weighted by Gasteiger charge is -1.93. The van der Waals surface area contributed by atoms with Crippen LogP contribution in [-0.4, -0.2) is 11.1 Å². The molecule has 0 aliphatic heterocycles. The summed E-state index contributed by atoms with van der Waals surface area (Å²) < 4.78 is 4.82. The molecule has 0 bridgehead atoms. The Bertz CT molecular complexity index is 293. The lowest BCUT2D eigenvalue weighted by atomic mass is 10.1. The molecule has 5 nitrogen and oxygen atoms in total. The number of anilines is 1. The monoisotopic (exact) mass is 169 g/mol. The zero-order chi connectivity index (χ0) is 9.14. The molecule has 4 N–H and O–H groups in total. The van der Waals surface area contributed by atoms with Gasteiger partial charge in [0.25, 0.3) is 5.91 Å². The Morgan fingerprint density at radius 3 is 2.83 bits per heavy atom. The fourth-order valence-corrected chi connectivity index (χ4v) is 1.000. The van der Waals surface area contributed by atoms with Crippen molar-refractivity contribution < 1.29 is 9.32 Å². The Morgan fingerprint density at radius 1 is 1.67 bits per heavy atom. The van der Waals surface area contributed by atoms with E-state index in [2.05, 4.69) is 5.16 Å². The van der Waals surface area contributed by atoms with Crippen LogP contribution in [0.4, 0.5) is 5.82 Å². The van der Waals surface area contributed by atoms with E-state index in [1.54, 1.807) is 0 Å². The summed E-state index contributed by atoms with van der Waals surface area (Å²) in [6, 6.07) is 0. The number of aryl methyl sites for hydroxylation is 1. The van der Waals surface area contributed by atoms with Gasteiger partial charge in [0, 0.05) is 6.42 Å². The van der Waals surface area contributed by atoms with Gasteiger partial charge in [-0.3, -0.25) is 4.79 Å². The molecular formula is C7H11N3O2. The molecule has 0 atom stereocenters. The van der Waals surface area contributed by atoms with E-state index in [1.807, 2.05) is 6.92 Å². The van der Waals surface area contributed by atoms with Crippen molar-refractivity contribution in [2.24, 2.45) is 5.73 Å². The second-order valence-electron chi connectivity index (χ2n) is 2.48. The van der Waals surface area contributed by atoms with Gasteiger partial charge in [-0.15, -0.1) is 0 Å². The fraction of sp³-hybridized carbons (Fsp3) is 0.429. The average Bonchev–Trinajstić information content (AvgIpc) is 2.32. The first-order valence-corrected chi connectivity index (χ1v) is 3.70. The van der Waals surface area contributed by atoms with E-state index in [9.17, 15) is 4.79 Å². The predicted molar refractivity (Wildman–Crippen MR) is 43.4 cm³/mol. The van der Waals surface area contributed by atoms with Crippen molar-refractivity contribution in [3.8, 4) is 0 Å². The lowest BCUT2D eigenvalue weighted by molar-refractivity contribution is 0.0999. The molecule has 0 fully saturated rings. The highest BCUT2D eigenvalue weighted by Gasteiger charge is 2.17. The van der Waals surface area contributed by atoms with E-state index in [1.165, 1.54) is 0 Å². The number of nitrogens with two attached hydrogens (primary N) is 2. The standard InChI is InChI=1S/C7H11N3O2/c1-2-3-4-5(7(9)11)6(8)10-12-4/h2-3H2,1H3,(H2,8,10)(H2,9,11). The van der Waals surface area contributed by atoms with Gasteiger partial charge >= 0.3 is 0 Å². The molecule has 0 aromatic carbocycles. The van der Waals surface area contributed by atoms with Crippen LogP contribution in [0.25, 0.3) is 0 Å². The van der Waals surface area contributed by atoms with E-state index < -0.39 is 5.91 Å². The number of nitrogen functional groups attached to an aromatic ring is 1. The van der Waals surface area contributed by atoms with Gasteiger partial charge in [-0.05, 0) is 6.42 Å². The van der Waals surface area contributed by atoms with Crippen LogP contribution in [0, 0.1) is 0 Å². The van der Waals surface area contributed by atoms with Gasteiger partial charge in [0.15, 0.2) is 11.6 Å². The van der Waals surface area contributed by atoms with Crippen molar-refractivity contribution >= 4 is 11.7 Å². The summed E-state index contributed by atoms with van der Waals surface area (Å²) in [5, 5.41) is 3.46. The first-order chi connectivity index (χ1) is 5.66. The van der Waals surface area contributed by atoms with Gasteiger partial charge in [0.1, 0.15) is 5.56 Å². The third-order valence-electron chi connectivity index (χ3n) is 1.51. The molecule has 1 rings (SSSR count). The van der Waals surface area contributed by atoms with Crippen molar-refractivity contribution in [1.82, 2.24) is 5.16 Å². The van der Waals surface area contributed by atoms with Gasteiger partial charge < -0.3 is 16.0 Å². The smallest absolute Gasteiger partial charge is 0.256 e. The highest BCUT2D eigenvalue weighted by molar-refractivity contribution is 5.98. The van der Waals surface area contributed by atoms with Crippen LogP contribution >= 0.6 is 0 Å². The van der Waals surface area contributed by atoms with Crippen molar-refractivity contribution in [2.75, 3.05) is 5.73 Å². The molecule has 66 valence electrons. The van der Waals surface area contributed by atoms with E-state index in [4.69, 9.17) is 16.0 Å². The number of nitrogens with zero attached hydrogens (tertiary/aromatic N) is 1. The van der Waals surface area contributed by atoms with Crippen molar-refractivity contribution in [1.29, 1.82) is 0 Å². The average molecular weight is 169 g/mol. The molecule has 0 radical (unpaired) electrons. The highest BCUT2D eigenvalue weighted by Crippen LogP contribution is 2.16. The number of rotatable bonds is 3. The van der Waals surface area contributed by atoms with Crippen molar-refractivity contribution in [3.63, 3.8) is 0 Å². The second-order valence-corrected chi connectivity index (χ2v) is 2.48. The third-order valence-corrected chi connectivity index (χ3v) is 1.51. The Morgan fingerprint density at radius 2 is 2.33 bits per heavy atom. The van der Waals surface area contributed by atoms with Crippen LogP contribution in [-0.2, 0) is 6.42 Å². The maximum absolute atomic E-state index is 10.8. The number of hydrogen-bond donors (Lipinski definition) is 2. The zero-order valence-electron chi connectivity index (χ0n) is 6.83. The molecule has 0 aliphatic rings. The molecule has 0 saturated carbocycles. The van der Waals surface area contributed by atoms with E-state index in [0.717, 1.165) is 6.42 Å². The first kappa shape index (κ1) is 8.58. The van der Waals surface area contributed by atoms with Gasteiger partial charge in [0.2, 0.25) is 0 Å². The Labute approximate surface area is 69.7 Å². The van der Waals surface area contributed by atoms with Gasteiger partial charge in [-0.1, -0.05) is 12.1 Å². The van der Waals surface area contributed by atoms with E-state index in [0.29, 0.717) is 12.2 Å². The quantitative estimate of drug-likeness (QED) is 0.680. The molecule has 0 aliphatic carbocycles. The maximum atomic E-state index is 10.8. The van der Waals surface area contributed by atoms with Crippen LogP contribution in [0.5, 0.6) is 0 Å². The summed E-state index contributed by atoms with van der Waals surface area (Å²) >= 11 is 0. The van der Waals surface area contributed by atoms with Gasteiger partial charge in [-0.25, -0.2) is 0 Å². The summed E-state index contributed by atoms with van der Waals surface area (Å²) in [4.78, 5) is 10.8.